The number of rotatable bonds is 6. The van der Waals surface area contributed by atoms with Crippen LogP contribution >= 0.6 is 0 Å². The molecule has 1 unspecified atom stereocenters. The number of carbonyl (C=O) groups is 1. The Hall–Kier alpha value is -2.47. The van der Waals surface area contributed by atoms with Gasteiger partial charge in [-0.3, -0.25) is 14.7 Å². The number of fused-ring (bicyclic) bond motifs is 1. The van der Waals surface area contributed by atoms with Gasteiger partial charge in [-0.15, -0.1) is 0 Å². The molecule has 5 heteroatoms. The van der Waals surface area contributed by atoms with Gasteiger partial charge in [0.05, 0.1) is 0 Å². The minimum absolute atomic E-state index is 0.0946. The number of H-pyrrole nitrogens is 1. The number of nitrogens with zero attached hydrogens (tertiary/aromatic N) is 3. The summed E-state index contributed by atoms with van der Waals surface area (Å²) in [4.78, 5) is 23.1. The van der Waals surface area contributed by atoms with Crippen LogP contribution in [0.1, 0.15) is 36.1 Å². The molecule has 3 heterocycles. The number of hydrogen-bond acceptors (Lipinski definition) is 4. The van der Waals surface area contributed by atoms with Gasteiger partial charge >= 0.3 is 0 Å². The number of para-hydroxylation sites is 1. The highest BCUT2D eigenvalue weighted by molar-refractivity contribution is 5.84. The molecule has 1 N–H and O–H groups in total. The Kier molecular flexibility index (Phi) is 6.61. The summed E-state index contributed by atoms with van der Waals surface area (Å²) >= 11 is 0. The van der Waals surface area contributed by atoms with E-state index in [0.29, 0.717) is 6.04 Å². The summed E-state index contributed by atoms with van der Waals surface area (Å²) in [6, 6.07) is 20.0. The number of aldehydes is 1. The maximum absolute atomic E-state index is 11.9. The highest BCUT2D eigenvalue weighted by Gasteiger charge is 2.41. The molecule has 2 aliphatic heterocycles. The molecule has 0 aliphatic carbocycles. The number of carbonyl (C=O) groups excluding carboxylic acids is 1. The topological polar surface area (TPSA) is 42.6 Å². The van der Waals surface area contributed by atoms with E-state index in [1.165, 1.54) is 34.0 Å². The number of likely N-dealkylation sites (tertiary alicyclic amines) is 2. The van der Waals surface area contributed by atoms with E-state index in [2.05, 4.69) is 95.3 Å². The Labute approximate surface area is 203 Å². The highest BCUT2D eigenvalue weighted by Crippen LogP contribution is 2.38. The number of aromatic amines is 1. The number of nitrogens with one attached hydrogen (secondary N) is 1. The van der Waals surface area contributed by atoms with Gasteiger partial charge in [-0.05, 0) is 57.5 Å². The van der Waals surface area contributed by atoms with Crippen LogP contribution in [0.15, 0.2) is 54.6 Å². The van der Waals surface area contributed by atoms with E-state index in [1.807, 2.05) is 0 Å². The molecule has 0 spiro atoms. The van der Waals surface area contributed by atoms with E-state index in [-0.39, 0.29) is 11.5 Å². The second kappa shape index (κ2) is 9.65. The predicted molar refractivity (Wildman–Crippen MR) is 139 cm³/mol. The van der Waals surface area contributed by atoms with Crippen molar-refractivity contribution < 1.29 is 4.79 Å². The van der Waals surface area contributed by atoms with Gasteiger partial charge in [0, 0.05) is 66.8 Å². The van der Waals surface area contributed by atoms with Crippen LogP contribution in [0.5, 0.6) is 0 Å². The molecule has 0 radical (unpaired) electrons. The van der Waals surface area contributed by atoms with Gasteiger partial charge in [0.15, 0.2) is 0 Å². The van der Waals surface area contributed by atoms with Crippen LogP contribution in [0, 0.1) is 12.8 Å². The standard InChI is InChI=1S/C29H38N4O/c1-22-27(26-11-7-8-12-28(26)30-22)20-32-18-23(21-34)17-25(19-32)33-15-13-29(14-16-33,31(2)3)24-9-5-4-6-10-24/h4-12,21,23,25,30H,13-20H2,1-3H3/t23?,25-/m0/s1. The Morgan fingerprint density at radius 3 is 2.44 bits per heavy atom. The lowest BCUT2D eigenvalue weighted by atomic mass is 9.79. The zero-order valence-electron chi connectivity index (χ0n) is 20.8. The van der Waals surface area contributed by atoms with Crippen molar-refractivity contribution in [2.75, 3.05) is 40.3 Å². The number of hydrogen-bond donors (Lipinski definition) is 1. The third-order valence-corrected chi connectivity index (χ3v) is 8.45. The van der Waals surface area contributed by atoms with Crippen molar-refractivity contribution in [2.24, 2.45) is 5.92 Å². The molecule has 5 rings (SSSR count). The first-order valence-corrected chi connectivity index (χ1v) is 12.7. The summed E-state index contributed by atoms with van der Waals surface area (Å²) in [5.74, 6) is 0.110. The van der Waals surface area contributed by atoms with Crippen LogP contribution in [0.25, 0.3) is 10.9 Å². The lowest BCUT2D eigenvalue weighted by molar-refractivity contribution is -0.114. The molecule has 2 aliphatic rings. The number of piperidine rings is 2. The van der Waals surface area contributed by atoms with E-state index in [4.69, 9.17) is 0 Å². The van der Waals surface area contributed by atoms with Crippen LogP contribution in [-0.2, 0) is 16.9 Å². The fourth-order valence-corrected chi connectivity index (χ4v) is 6.46. The highest BCUT2D eigenvalue weighted by atomic mass is 16.1. The molecule has 34 heavy (non-hydrogen) atoms. The van der Waals surface area contributed by atoms with Gasteiger partial charge < -0.3 is 9.78 Å². The van der Waals surface area contributed by atoms with Crippen molar-refractivity contribution in [2.45, 2.75) is 44.3 Å². The summed E-state index contributed by atoms with van der Waals surface area (Å²) < 4.78 is 0. The Morgan fingerprint density at radius 1 is 1.03 bits per heavy atom. The van der Waals surface area contributed by atoms with Crippen LogP contribution in [0.4, 0.5) is 0 Å². The number of benzene rings is 2. The summed E-state index contributed by atoms with van der Waals surface area (Å²) in [5.41, 5.74) is 5.33. The van der Waals surface area contributed by atoms with Gasteiger partial charge in [0.1, 0.15) is 6.29 Å². The SMILES string of the molecule is Cc1[nH]c2ccccc2c1CN1CC(C=O)C[C@H](N2CCC(c3ccccc3)(N(C)C)CC2)C1. The average Bonchev–Trinajstić information content (AvgIpc) is 3.19. The molecule has 2 atom stereocenters. The monoisotopic (exact) mass is 458 g/mol. The number of aryl methyl sites for hydroxylation is 1. The molecule has 2 saturated heterocycles. The first kappa shape index (κ1) is 23.3. The van der Waals surface area contributed by atoms with Crippen LogP contribution in [-0.4, -0.2) is 72.3 Å². The van der Waals surface area contributed by atoms with Gasteiger partial charge in [-0.1, -0.05) is 48.5 Å². The van der Waals surface area contributed by atoms with E-state index < -0.39 is 0 Å². The lowest BCUT2D eigenvalue weighted by Gasteiger charge is -2.50. The third-order valence-electron chi connectivity index (χ3n) is 8.45. The van der Waals surface area contributed by atoms with E-state index >= 15 is 0 Å². The first-order valence-electron chi connectivity index (χ1n) is 12.7. The molecule has 1 aromatic heterocycles. The maximum Gasteiger partial charge on any atom is 0.124 e. The predicted octanol–water partition coefficient (Wildman–Crippen LogP) is 4.42. The molecule has 5 nitrogen and oxygen atoms in total. The smallest absolute Gasteiger partial charge is 0.124 e. The largest absolute Gasteiger partial charge is 0.358 e. The molecule has 0 bridgehead atoms. The molecule has 180 valence electrons. The first-order chi connectivity index (χ1) is 16.5. The quantitative estimate of drug-likeness (QED) is 0.556. The Balaban J connectivity index is 1.31. The fraction of sp³-hybridized carbons (Fsp3) is 0.483. The molecule has 0 saturated carbocycles. The van der Waals surface area contributed by atoms with Crippen LogP contribution in [0.2, 0.25) is 0 Å². The van der Waals surface area contributed by atoms with E-state index in [1.54, 1.807) is 0 Å². The summed E-state index contributed by atoms with van der Waals surface area (Å²) in [6.45, 7) is 7.10. The normalized spacial score (nSPS) is 24.0. The Bertz CT molecular complexity index is 1110. The molecular formula is C29H38N4O. The van der Waals surface area contributed by atoms with Gasteiger partial charge in [-0.25, -0.2) is 0 Å². The third kappa shape index (κ3) is 4.33. The zero-order chi connectivity index (χ0) is 23.7. The van der Waals surface area contributed by atoms with Crippen molar-refractivity contribution >= 4 is 17.2 Å². The van der Waals surface area contributed by atoms with Crippen LogP contribution in [0.3, 0.4) is 0 Å². The second-order valence-electron chi connectivity index (χ2n) is 10.6. The molecule has 3 aromatic rings. The molecule has 2 fully saturated rings. The summed E-state index contributed by atoms with van der Waals surface area (Å²) in [7, 11) is 4.44. The number of aromatic nitrogens is 1. The van der Waals surface area contributed by atoms with Crippen molar-refractivity contribution in [3.63, 3.8) is 0 Å². The van der Waals surface area contributed by atoms with Crippen molar-refractivity contribution in [3.8, 4) is 0 Å². The van der Waals surface area contributed by atoms with Gasteiger partial charge in [0.25, 0.3) is 0 Å². The van der Waals surface area contributed by atoms with Gasteiger partial charge in [-0.2, -0.15) is 0 Å². The second-order valence-corrected chi connectivity index (χ2v) is 10.6. The van der Waals surface area contributed by atoms with Gasteiger partial charge in [0.2, 0.25) is 0 Å². The van der Waals surface area contributed by atoms with E-state index in [0.717, 1.165) is 52.0 Å². The average molecular weight is 459 g/mol. The molecular weight excluding hydrogens is 420 g/mol. The maximum atomic E-state index is 11.9. The summed E-state index contributed by atoms with van der Waals surface area (Å²) in [6.07, 6.45) is 4.41. The van der Waals surface area contributed by atoms with E-state index in [9.17, 15) is 4.79 Å². The zero-order valence-corrected chi connectivity index (χ0v) is 20.8. The molecule has 0 amide bonds. The fourth-order valence-electron chi connectivity index (χ4n) is 6.46. The Morgan fingerprint density at radius 2 is 1.74 bits per heavy atom. The van der Waals surface area contributed by atoms with Crippen molar-refractivity contribution in [1.29, 1.82) is 0 Å². The van der Waals surface area contributed by atoms with Crippen LogP contribution < -0.4 is 0 Å². The van der Waals surface area contributed by atoms with Crippen molar-refractivity contribution in [1.82, 2.24) is 19.7 Å². The minimum Gasteiger partial charge on any atom is -0.358 e. The van der Waals surface area contributed by atoms with Crippen molar-refractivity contribution in [3.05, 3.63) is 71.4 Å². The lowest BCUT2D eigenvalue weighted by Crippen LogP contribution is -2.57. The minimum atomic E-state index is 0.0946. The molecule has 2 aromatic carbocycles. The summed E-state index contributed by atoms with van der Waals surface area (Å²) in [5, 5.41) is 1.31.